The van der Waals surface area contributed by atoms with Crippen molar-refractivity contribution in [1.82, 2.24) is 9.97 Å². The monoisotopic (exact) mass is 206 g/mol. The molecule has 0 spiro atoms. The van der Waals surface area contributed by atoms with Crippen LogP contribution in [0.2, 0.25) is 0 Å². The van der Waals surface area contributed by atoms with Crippen LogP contribution in [0.15, 0.2) is 11.4 Å². The van der Waals surface area contributed by atoms with Gasteiger partial charge in [-0.25, -0.2) is 9.97 Å². The molecule has 0 unspecified atom stereocenters. The molecule has 0 saturated heterocycles. The van der Waals surface area contributed by atoms with Crippen molar-refractivity contribution in [2.75, 3.05) is 11.6 Å². The Balaban J connectivity index is 2.32. The van der Waals surface area contributed by atoms with Gasteiger partial charge in [0.1, 0.15) is 28.8 Å². The second kappa shape index (κ2) is 3.84. The van der Waals surface area contributed by atoms with E-state index < -0.39 is 0 Å². The predicted molar refractivity (Wildman–Crippen MR) is 55.2 cm³/mol. The number of anilines is 1. The lowest BCUT2D eigenvalue weighted by atomic mass is 10.3. The molecule has 2 rings (SSSR count). The van der Waals surface area contributed by atoms with E-state index in [1.54, 1.807) is 0 Å². The molecule has 1 aromatic rings. The lowest BCUT2D eigenvalue weighted by Crippen LogP contribution is -2.06. The van der Waals surface area contributed by atoms with E-state index in [0.29, 0.717) is 17.4 Å². The molecule has 1 N–H and O–H groups in total. The van der Waals surface area contributed by atoms with Crippen LogP contribution in [0.4, 0.5) is 5.82 Å². The van der Waals surface area contributed by atoms with Gasteiger partial charge in [0.15, 0.2) is 0 Å². The molecule has 0 aliphatic heterocycles. The van der Waals surface area contributed by atoms with Gasteiger partial charge in [0.25, 0.3) is 0 Å². The van der Waals surface area contributed by atoms with Gasteiger partial charge < -0.3 is 5.32 Å². The molecule has 0 aromatic carbocycles. The Labute approximate surface area is 86.8 Å². The largest absolute Gasteiger partial charge is 0.366 e. The molecule has 4 nitrogen and oxygen atoms in total. The highest BCUT2D eigenvalue weighted by Gasteiger charge is 2.23. The summed E-state index contributed by atoms with van der Waals surface area (Å²) in [6.45, 7) is 0. The molecular weight excluding hydrogens is 196 g/mol. The number of nitrogens with one attached hydrogen (secondary N) is 1. The van der Waals surface area contributed by atoms with Crippen LogP contribution in [-0.2, 0) is 0 Å². The topological polar surface area (TPSA) is 61.6 Å². The molecule has 5 heteroatoms. The van der Waals surface area contributed by atoms with Crippen LogP contribution in [0, 0.1) is 11.3 Å². The Morgan fingerprint density at radius 1 is 1.57 bits per heavy atom. The molecule has 1 aliphatic carbocycles. The third-order valence-corrected chi connectivity index (χ3v) is 2.73. The van der Waals surface area contributed by atoms with Crippen molar-refractivity contribution >= 4 is 17.6 Å². The molecular formula is C9H10N4S. The minimum atomic E-state index is 0.506. The van der Waals surface area contributed by atoms with Gasteiger partial charge in [0, 0.05) is 6.04 Å². The van der Waals surface area contributed by atoms with E-state index in [0.717, 1.165) is 5.03 Å². The van der Waals surface area contributed by atoms with Crippen molar-refractivity contribution in [3.8, 4) is 6.07 Å². The number of nitrogens with zero attached hydrogens (tertiary/aromatic N) is 3. The SMILES string of the molecule is CSc1ncnc(NC2CC2)c1C#N. The maximum atomic E-state index is 8.98. The van der Waals surface area contributed by atoms with E-state index in [9.17, 15) is 0 Å². The van der Waals surface area contributed by atoms with Crippen molar-refractivity contribution in [2.45, 2.75) is 23.9 Å². The fraction of sp³-hybridized carbons (Fsp3) is 0.444. The molecule has 14 heavy (non-hydrogen) atoms. The van der Waals surface area contributed by atoms with Gasteiger partial charge in [-0.15, -0.1) is 11.8 Å². The van der Waals surface area contributed by atoms with Crippen molar-refractivity contribution in [2.24, 2.45) is 0 Å². The Bertz CT molecular complexity index is 381. The summed E-state index contributed by atoms with van der Waals surface area (Å²) in [6, 6.07) is 2.65. The zero-order valence-corrected chi connectivity index (χ0v) is 8.64. The third kappa shape index (κ3) is 1.80. The second-order valence-corrected chi connectivity index (χ2v) is 3.93. The fourth-order valence-corrected chi connectivity index (χ4v) is 1.65. The Kier molecular flexibility index (Phi) is 2.55. The van der Waals surface area contributed by atoms with Gasteiger partial charge in [-0.2, -0.15) is 5.26 Å². The summed E-state index contributed by atoms with van der Waals surface area (Å²) in [7, 11) is 0. The van der Waals surface area contributed by atoms with Gasteiger partial charge in [-0.05, 0) is 19.1 Å². The smallest absolute Gasteiger partial charge is 0.148 e. The minimum Gasteiger partial charge on any atom is -0.366 e. The molecule has 1 heterocycles. The summed E-state index contributed by atoms with van der Waals surface area (Å²) >= 11 is 1.47. The molecule has 1 aromatic heterocycles. The van der Waals surface area contributed by atoms with Gasteiger partial charge in [0.2, 0.25) is 0 Å². The first-order valence-electron chi connectivity index (χ1n) is 4.40. The fourth-order valence-electron chi connectivity index (χ4n) is 1.16. The Morgan fingerprint density at radius 2 is 2.36 bits per heavy atom. The van der Waals surface area contributed by atoms with Gasteiger partial charge in [-0.3, -0.25) is 0 Å². The lowest BCUT2D eigenvalue weighted by molar-refractivity contribution is 1.00. The number of hydrogen-bond acceptors (Lipinski definition) is 5. The summed E-state index contributed by atoms with van der Waals surface area (Å²) in [5, 5.41) is 12.9. The number of aromatic nitrogens is 2. The summed E-state index contributed by atoms with van der Waals surface area (Å²) in [4.78, 5) is 8.13. The molecule has 72 valence electrons. The zero-order valence-electron chi connectivity index (χ0n) is 7.82. The van der Waals surface area contributed by atoms with Crippen LogP contribution in [0.25, 0.3) is 0 Å². The van der Waals surface area contributed by atoms with Crippen LogP contribution < -0.4 is 5.32 Å². The maximum absolute atomic E-state index is 8.98. The molecule has 1 saturated carbocycles. The van der Waals surface area contributed by atoms with Crippen LogP contribution >= 0.6 is 11.8 Å². The van der Waals surface area contributed by atoms with E-state index in [-0.39, 0.29) is 0 Å². The standard InChI is InChI=1S/C9H10N4S/c1-14-9-7(4-10)8(11-5-12-9)13-6-2-3-6/h5-6H,2-3H2,1H3,(H,11,12,13). The highest BCUT2D eigenvalue weighted by molar-refractivity contribution is 7.98. The molecule has 0 atom stereocenters. The second-order valence-electron chi connectivity index (χ2n) is 3.14. The summed E-state index contributed by atoms with van der Waals surface area (Å²) in [5.41, 5.74) is 0.562. The average Bonchev–Trinajstić information content (AvgIpc) is 3.01. The molecule has 0 bridgehead atoms. The maximum Gasteiger partial charge on any atom is 0.148 e. The molecule has 1 fully saturated rings. The quantitative estimate of drug-likeness (QED) is 0.601. The van der Waals surface area contributed by atoms with E-state index in [4.69, 9.17) is 5.26 Å². The van der Waals surface area contributed by atoms with E-state index >= 15 is 0 Å². The first kappa shape index (κ1) is 9.28. The number of rotatable bonds is 3. The number of hydrogen-bond donors (Lipinski definition) is 1. The van der Waals surface area contributed by atoms with Crippen LogP contribution in [-0.4, -0.2) is 22.3 Å². The van der Waals surface area contributed by atoms with E-state index in [2.05, 4.69) is 21.4 Å². The Hall–Kier alpha value is -1.28. The van der Waals surface area contributed by atoms with Crippen LogP contribution in [0.1, 0.15) is 18.4 Å². The Morgan fingerprint density at radius 3 is 2.93 bits per heavy atom. The molecule has 0 radical (unpaired) electrons. The van der Waals surface area contributed by atoms with Crippen molar-refractivity contribution in [3.05, 3.63) is 11.9 Å². The van der Waals surface area contributed by atoms with Crippen LogP contribution in [0.3, 0.4) is 0 Å². The van der Waals surface area contributed by atoms with Crippen molar-refractivity contribution in [1.29, 1.82) is 5.26 Å². The molecule has 0 amide bonds. The predicted octanol–water partition coefficient (Wildman–Crippen LogP) is 1.64. The van der Waals surface area contributed by atoms with E-state index in [1.807, 2.05) is 6.26 Å². The number of nitriles is 1. The normalized spacial score (nSPS) is 14.9. The highest BCUT2D eigenvalue weighted by atomic mass is 32.2. The van der Waals surface area contributed by atoms with Crippen molar-refractivity contribution < 1.29 is 0 Å². The summed E-state index contributed by atoms with van der Waals surface area (Å²) in [5.74, 6) is 0.675. The first-order chi connectivity index (χ1) is 6.85. The van der Waals surface area contributed by atoms with E-state index in [1.165, 1.54) is 30.9 Å². The summed E-state index contributed by atoms with van der Waals surface area (Å²) < 4.78 is 0. The molecule has 1 aliphatic rings. The highest BCUT2D eigenvalue weighted by Crippen LogP contribution is 2.27. The average molecular weight is 206 g/mol. The first-order valence-corrected chi connectivity index (χ1v) is 5.63. The van der Waals surface area contributed by atoms with Gasteiger partial charge in [-0.1, -0.05) is 0 Å². The van der Waals surface area contributed by atoms with Crippen LogP contribution in [0.5, 0.6) is 0 Å². The van der Waals surface area contributed by atoms with Crippen molar-refractivity contribution in [3.63, 3.8) is 0 Å². The third-order valence-electron chi connectivity index (χ3n) is 2.04. The lowest BCUT2D eigenvalue weighted by Gasteiger charge is -2.06. The van der Waals surface area contributed by atoms with Gasteiger partial charge in [0.05, 0.1) is 0 Å². The minimum absolute atomic E-state index is 0.506. The number of thioether (sulfide) groups is 1. The zero-order chi connectivity index (χ0) is 9.97. The summed E-state index contributed by atoms with van der Waals surface area (Å²) in [6.07, 6.45) is 5.74. The van der Waals surface area contributed by atoms with Gasteiger partial charge >= 0.3 is 0 Å².